The van der Waals surface area contributed by atoms with Crippen molar-refractivity contribution in [1.29, 1.82) is 0 Å². The number of hydrogen-bond donors (Lipinski definition) is 1. The first-order chi connectivity index (χ1) is 17.4. The lowest BCUT2D eigenvalue weighted by molar-refractivity contribution is 0.0955. The first-order valence-electron chi connectivity index (χ1n) is 11.2. The Morgan fingerprint density at radius 2 is 1.72 bits per heavy atom. The van der Waals surface area contributed by atoms with Gasteiger partial charge in [0.25, 0.3) is 5.91 Å². The average molecular weight is 567 g/mol. The SMILES string of the molecule is COc1cc(/C=N/NC(=O)c2ccc(-n3c(C)ccc3C)cc2Cl)ccc1OCc1ccc(Br)cc1. The molecule has 4 rings (SSSR count). The maximum Gasteiger partial charge on any atom is 0.272 e. The number of hydrogen-bond acceptors (Lipinski definition) is 4. The van der Waals surface area contributed by atoms with Crippen LogP contribution in [-0.4, -0.2) is 23.8 Å². The van der Waals surface area contributed by atoms with E-state index in [-0.39, 0.29) is 0 Å². The lowest BCUT2D eigenvalue weighted by atomic mass is 10.2. The molecule has 0 fully saturated rings. The monoisotopic (exact) mass is 565 g/mol. The minimum Gasteiger partial charge on any atom is -0.493 e. The summed E-state index contributed by atoms with van der Waals surface area (Å²) in [7, 11) is 1.58. The van der Waals surface area contributed by atoms with Crippen molar-refractivity contribution < 1.29 is 14.3 Å². The third kappa shape index (κ3) is 5.98. The Morgan fingerprint density at radius 1 is 1.00 bits per heavy atom. The van der Waals surface area contributed by atoms with E-state index in [0.29, 0.717) is 28.7 Å². The number of amides is 1. The molecule has 0 aliphatic carbocycles. The van der Waals surface area contributed by atoms with Crippen molar-refractivity contribution in [2.45, 2.75) is 20.5 Å². The number of benzene rings is 3. The Bertz CT molecular complexity index is 1390. The molecule has 0 saturated heterocycles. The van der Waals surface area contributed by atoms with Gasteiger partial charge in [-0.1, -0.05) is 39.7 Å². The van der Waals surface area contributed by atoms with Crippen LogP contribution in [0.25, 0.3) is 5.69 Å². The maximum absolute atomic E-state index is 12.6. The third-order valence-electron chi connectivity index (χ3n) is 5.60. The van der Waals surface area contributed by atoms with Crippen LogP contribution in [0.2, 0.25) is 5.02 Å². The number of carbonyl (C=O) groups excluding carboxylic acids is 1. The summed E-state index contributed by atoms with van der Waals surface area (Å²) in [4.78, 5) is 12.6. The zero-order valence-corrected chi connectivity index (χ0v) is 22.4. The number of hydrazone groups is 1. The molecule has 4 aromatic rings. The van der Waals surface area contributed by atoms with Gasteiger partial charge in [0.15, 0.2) is 11.5 Å². The van der Waals surface area contributed by atoms with Crippen LogP contribution in [0.3, 0.4) is 0 Å². The van der Waals surface area contributed by atoms with Gasteiger partial charge in [0.2, 0.25) is 0 Å². The minimum atomic E-state index is -0.398. The van der Waals surface area contributed by atoms with Crippen molar-refractivity contribution >= 4 is 39.7 Å². The fourth-order valence-corrected chi connectivity index (χ4v) is 4.28. The number of ether oxygens (including phenoxy) is 2. The van der Waals surface area contributed by atoms with Crippen LogP contribution >= 0.6 is 27.5 Å². The molecule has 0 saturated carbocycles. The highest BCUT2D eigenvalue weighted by Crippen LogP contribution is 2.29. The summed E-state index contributed by atoms with van der Waals surface area (Å²) in [6, 6.07) is 22.7. The number of rotatable bonds is 8. The fraction of sp³-hybridized carbons (Fsp3) is 0.143. The van der Waals surface area contributed by atoms with Crippen LogP contribution in [0.15, 0.2) is 82.4 Å². The second kappa shape index (κ2) is 11.5. The number of aryl methyl sites for hydroxylation is 2. The largest absolute Gasteiger partial charge is 0.493 e. The summed E-state index contributed by atoms with van der Waals surface area (Å²) in [5, 5.41) is 4.43. The summed E-state index contributed by atoms with van der Waals surface area (Å²) >= 11 is 9.85. The Labute approximate surface area is 223 Å². The molecule has 0 aliphatic heterocycles. The lowest BCUT2D eigenvalue weighted by Crippen LogP contribution is -2.18. The fourth-order valence-electron chi connectivity index (χ4n) is 3.75. The molecule has 0 spiro atoms. The van der Waals surface area contributed by atoms with Crippen LogP contribution in [-0.2, 0) is 6.61 Å². The Morgan fingerprint density at radius 3 is 2.39 bits per heavy atom. The molecule has 1 aromatic heterocycles. The summed E-state index contributed by atoms with van der Waals surface area (Å²) in [6.07, 6.45) is 1.54. The van der Waals surface area contributed by atoms with E-state index in [1.165, 1.54) is 6.21 Å². The van der Waals surface area contributed by atoms with Gasteiger partial charge in [-0.2, -0.15) is 5.10 Å². The summed E-state index contributed by atoms with van der Waals surface area (Å²) in [5.74, 6) is 0.781. The van der Waals surface area contributed by atoms with Crippen molar-refractivity contribution in [3.05, 3.63) is 110 Å². The molecule has 3 aromatic carbocycles. The summed E-state index contributed by atoms with van der Waals surface area (Å²) in [5.41, 5.74) is 7.73. The lowest BCUT2D eigenvalue weighted by Gasteiger charge is -2.12. The normalized spacial score (nSPS) is 11.0. The summed E-state index contributed by atoms with van der Waals surface area (Å²) in [6.45, 7) is 4.45. The third-order valence-corrected chi connectivity index (χ3v) is 6.44. The van der Waals surface area contributed by atoms with E-state index in [1.54, 1.807) is 25.3 Å². The van der Waals surface area contributed by atoms with Gasteiger partial charge in [-0.3, -0.25) is 4.79 Å². The van der Waals surface area contributed by atoms with E-state index in [4.69, 9.17) is 21.1 Å². The van der Waals surface area contributed by atoms with E-state index in [1.807, 2.05) is 68.4 Å². The molecule has 1 amide bonds. The van der Waals surface area contributed by atoms with Crippen molar-refractivity contribution in [2.75, 3.05) is 7.11 Å². The van der Waals surface area contributed by atoms with Crippen LogP contribution in [0, 0.1) is 13.8 Å². The van der Waals surface area contributed by atoms with Gasteiger partial charge in [-0.25, -0.2) is 5.43 Å². The molecule has 184 valence electrons. The van der Waals surface area contributed by atoms with Crippen LogP contribution in [0.4, 0.5) is 0 Å². The van der Waals surface area contributed by atoms with Crippen LogP contribution in [0.1, 0.15) is 32.9 Å². The van der Waals surface area contributed by atoms with Crippen molar-refractivity contribution in [1.82, 2.24) is 9.99 Å². The number of carbonyl (C=O) groups is 1. The van der Waals surface area contributed by atoms with E-state index < -0.39 is 5.91 Å². The summed E-state index contributed by atoms with van der Waals surface area (Å²) < 4.78 is 14.5. The Kier molecular flexibility index (Phi) is 8.13. The zero-order valence-electron chi connectivity index (χ0n) is 20.1. The van der Waals surface area contributed by atoms with Gasteiger partial charge in [0, 0.05) is 21.5 Å². The molecule has 8 heteroatoms. The number of aromatic nitrogens is 1. The first-order valence-corrected chi connectivity index (χ1v) is 12.4. The molecule has 0 unspecified atom stereocenters. The van der Waals surface area contributed by atoms with Gasteiger partial charge < -0.3 is 14.0 Å². The highest BCUT2D eigenvalue weighted by molar-refractivity contribution is 9.10. The van der Waals surface area contributed by atoms with Gasteiger partial charge in [-0.15, -0.1) is 0 Å². The first kappa shape index (κ1) is 25.5. The van der Waals surface area contributed by atoms with Crippen LogP contribution < -0.4 is 14.9 Å². The highest BCUT2D eigenvalue weighted by atomic mass is 79.9. The van der Waals surface area contributed by atoms with E-state index in [2.05, 4.69) is 31.0 Å². The van der Waals surface area contributed by atoms with Crippen LogP contribution in [0.5, 0.6) is 11.5 Å². The second-order valence-corrected chi connectivity index (χ2v) is 9.46. The zero-order chi connectivity index (χ0) is 25.7. The predicted molar refractivity (Wildman–Crippen MR) is 147 cm³/mol. The quantitative estimate of drug-likeness (QED) is 0.187. The van der Waals surface area contributed by atoms with Gasteiger partial charge in [0.1, 0.15) is 6.61 Å². The van der Waals surface area contributed by atoms with Crippen molar-refractivity contribution in [3.8, 4) is 17.2 Å². The van der Waals surface area contributed by atoms with E-state index >= 15 is 0 Å². The molecule has 0 radical (unpaired) electrons. The van der Waals surface area contributed by atoms with E-state index in [9.17, 15) is 4.79 Å². The average Bonchev–Trinajstić information content (AvgIpc) is 3.21. The molecule has 6 nitrogen and oxygen atoms in total. The van der Waals surface area contributed by atoms with E-state index in [0.717, 1.165) is 32.7 Å². The topological polar surface area (TPSA) is 64.8 Å². The van der Waals surface area contributed by atoms with Gasteiger partial charge >= 0.3 is 0 Å². The predicted octanol–water partition coefficient (Wildman–Crippen LogP) is 6.86. The number of halogens is 2. The molecule has 36 heavy (non-hydrogen) atoms. The molecule has 0 atom stereocenters. The van der Waals surface area contributed by atoms with Gasteiger partial charge in [-0.05, 0) is 85.6 Å². The molecular formula is C28H25BrClN3O3. The minimum absolute atomic E-state index is 0.342. The molecule has 1 heterocycles. The highest BCUT2D eigenvalue weighted by Gasteiger charge is 2.13. The number of nitrogens with zero attached hydrogens (tertiary/aromatic N) is 2. The van der Waals surface area contributed by atoms with Gasteiger partial charge in [0.05, 0.1) is 23.9 Å². The number of methoxy groups -OCH3 is 1. The molecular weight excluding hydrogens is 542 g/mol. The molecule has 0 bridgehead atoms. The standard InChI is InChI=1S/C28H25BrClN3O3/c1-18-4-5-19(2)33(18)23-11-12-24(25(30)15-23)28(34)32-31-16-21-8-13-26(27(14-21)35-3)36-17-20-6-9-22(29)10-7-20/h4-16H,17H2,1-3H3,(H,32,34)/b31-16+. The molecule has 0 aliphatic rings. The molecule has 1 N–H and O–H groups in total. The van der Waals surface area contributed by atoms with Crippen molar-refractivity contribution in [3.63, 3.8) is 0 Å². The Hall–Kier alpha value is -3.55. The van der Waals surface area contributed by atoms with Crippen molar-refractivity contribution in [2.24, 2.45) is 5.10 Å². The smallest absolute Gasteiger partial charge is 0.272 e. The Balaban J connectivity index is 1.40. The number of nitrogens with one attached hydrogen (secondary N) is 1. The second-order valence-electron chi connectivity index (χ2n) is 8.14. The maximum atomic E-state index is 12.6.